The molecule has 1 N–H and O–H groups in total. The number of aromatic nitrogens is 1. The second-order valence-electron chi connectivity index (χ2n) is 5.49. The minimum Gasteiger partial charge on any atom is -0.497 e. The quantitative estimate of drug-likeness (QED) is 0.787. The maximum absolute atomic E-state index is 14.5. The highest BCUT2D eigenvalue weighted by atomic mass is 32.1. The van der Waals surface area contributed by atoms with Gasteiger partial charge in [-0.05, 0) is 52.5 Å². The molecule has 1 aliphatic heterocycles. The average Bonchev–Trinajstić information content (AvgIpc) is 3.24. The number of benzene rings is 2. The third kappa shape index (κ3) is 2.35. The third-order valence-corrected chi connectivity index (χ3v) is 4.74. The minimum absolute atomic E-state index is 0.134. The topological polar surface area (TPSA) is 51.2 Å². The summed E-state index contributed by atoms with van der Waals surface area (Å²) in [5.41, 5.74) is 4.45. The molecule has 0 radical (unpaired) electrons. The molecule has 2 aromatic carbocycles. The fourth-order valence-corrected chi connectivity index (χ4v) is 3.47. The summed E-state index contributed by atoms with van der Waals surface area (Å²) in [5.74, 6) is -0.0651. The lowest BCUT2D eigenvalue weighted by Gasteiger charge is -2.11. The summed E-state index contributed by atoms with van der Waals surface area (Å²) in [4.78, 5) is 12.1. The number of amides is 1. The molecule has 6 heteroatoms. The molecule has 0 atom stereocenters. The maximum atomic E-state index is 14.5. The molecule has 3 aromatic rings. The van der Waals surface area contributed by atoms with Crippen LogP contribution in [0.3, 0.4) is 0 Å². The van der Waals surface area contributed by atoms with E-state index in [1.165, 1.54) is 24.7 Å². The van der Waals surface area contributed by atoms with Gasteiger partial charge in [0.15, 0.2) is 0 Å². The van der Waals surface area contributed by atoms with Crippen molar-refractivity contribution in [2.45, 2.75) is 6.54 Å². The van der Waals surface area contributed by atoms with Gasteiger partial charge in [0.2, 0.25) is 0 Å². The lowest BCUT2D eigenvalue weighted by molar-refractivity contribution is 0.0966. The van der Waals surface area contributed by atoms with Crippen LogP contribution in [0.25, 0.3) is 22.3 Å². The van der Waals surface area contributed by atoms with Crippen LogP contribution in [0.15, 0.2) is 41.9 Å². The normalized spacial score (nSPS) is 12.8. The molecule has 1 amide bonds. The van der Waals surface area contributed by atoms with E-state index in [9.17, 15) is 9.18 Å². The highest BCUT2D eigenvalue weighted by molar-refractivity contribution is 7.03. The number of methoxy groups -OCH3 is 1. The lowest BCUT2D eigenvalue weighted by Crippen LogP contribution is -2.12. The van der Waals surface area contributed by atoms with Crippen molar-refractivity contribution in [3.8, 4) is 28.0 Å². The van der Waals surface area contributed by atoms with Crippen LogP contribution in [0.5, 0.6) is 5.75 Å². The van der Waals surface area contributed by atoms with Crippen molar-refractivity contribution in [3.05, 3.63) is 58.9 Å². The standard InChI is InChI=1S/C18H13FN2O2S/c1-23-12-2-3-13(17(19)6-12)10-4-14(11-7-21-24-9-11)16-8-20-18(22)15(16)5-10/h2-7,9H,8H2,1H3,(H,20,22). The van der Waals surface area contributed by atoms with E-state index in [4.69, 9.17) is 4.74 Å². The van der Waals surface area contributed by atoms with E-state index >= 15 is 0 Å². The molecule has 1 aromatic heterocycles. The Labute approximate surface area is 142 Å². The second kappa shape index (κ2) is 5.72. The van der Waals surface area contributed by atoms with E-state index in [2.05, 4.69) is 9.69 Å². The van der Waals surface area contributed by atoms with E-state index < -0.39 is 0 Å². The van der Waals surface area contributed by atoms with Crippen LogP contribution in [-0.2, 0) is 6.54 Å². The van der Waals surface area contributed by atoms with Crippen molar-refractivity contribution in [3.63, 3.8) is 0 Å². The Balaban J connectivity index is 1.93. The van der Waals surface area contributed by atoms with Gasteiger partial charge in [-0.15, -0.1) is 0 Å². The van der Waals surface area contributed by atoms with Gasteiger partial charge in [0.05, 0.1) is 7.11 Å². The fraction of sp³-hybridized carbons (Fsp3) is 0.111. The Kier molecular flexibility index (Phi) is 3.54. The molecule has 120 valence electrons. The zero-order valence-electron chi connectivity index (χ0n) is 12.8. The van der Waals surface area contributed by atoms with E-state index in [0.717, 1.165) is 16.7 Å². The van der Waals surface area contributed by atoms with Crippen LogP contribution in [0, 0.1) is 5.82 Å². The van der Waals surface area contributed by atoms with Crippen molar-refractivity contribution >= 4 is 17.4 Å². The molecule has 4 nitrogen and oxygen atoms in total. The predicted molar refractivity (Wildman–Crippen MR) is 90.7 cm³/mol. The lowest BCUT2D eigenvalue weighted by atomic mass is 9.93. The Bertz CT molecular complexity index is 938. The summed E-state index contributed by atoms with van der Waals surface area (Å²) in [7, 11) is 1.50. The SMILES string of the molecule is COc1ccc(-c2cc3c(c(-c4cnsc4)c2)CNC3=O)c(F)c1. The summed E-state index contributed by atoms with van der Waals surface area (Å²) in [6.45, 7) is 0.477. The molecular weight excluding hydrogens is 327 g/mol. The van der Waals surface area contributed by atoms with Gasteiger partial charge in [0, 0.05) is 40.9 Å². The predicted octanol–water partition coefficient (Wildman–Crippen LogP) is 3.87. The number of fused-ring (bicyclic) bond motifs is 1. The van der Waals surface area contributed by atoms with Gasteiger partial charge in [0.25, 0.3) is 5.91 Å². The Morgan fingerprint density at radius 2 is 2.00 bits per heavy atom. The second-order valence-corrected chi connectivity index (χ2v) is 6.15. The molecule has 0 aliphatic carbocycles. The number of rotatable bonds is 3. The summed E-state index contributed by atoms with van der Waals surface area (Å²) < 4.78 is 23.6. The number of ether oxygens (including phenoxy) is 1. The number of hydrogen-bond acceptors (Lipinski definition) is 4. The smallest absolute Gasteiger partial charge is 0.251 e. The summed E-state index contributed by atoms with van der Waals surface area (Å²) in [6.07, 6.45) is 1.76. The highest BCUT2D eigenvalue weighted by Gasteiger charge is 2.24. The average molecular weight is 340 g/mol. The molecule has 0 fully saturated rings. The van der Waals surface area contributed by atoms with Crippen LogP contribution >= 0.6 is 11.5 Å². The summed E-state index contributed by atoms with van der Waals surface area (Å²) >= 11 is 1.34. The van der Waals surface area contributed by atoms with Crippen LogP contribution < -0.4 is 10.1 Å². The van der Waals surface area contributed by atoms with Gasteiger partial charge in [-0.1, -0.05) is 0 Å². The highest BCUT2D eigenvalue weighted by Crippen LogP contribution is 2.36. The van der Waals surface area contributed by atoms with E-state index in [1.807, 2.05) is 11.4 Å². The van der Waals surface area contributed by atoms with E-state index in [-0.39, 0.29) is 11.7 Å². The van der Waals surface area contributed by atoms with E-state index in [1.54, 1.807) is 24.4 Å². The van der Waals surface area contributed by atoms with Gasteiger partial charge in [-0.2, -0.15) is 0 Å². The number of nitrogens with zero attached hydrogens (tertiary/aromatic N) is 1. The van der Waals surface area contributed by atoms with Gasteiger partial charge < -0.3 is 10.1 Å². The zero-order chi connectivity index (χ0) is 16.7. The first-order valence-electron chi connectivity index (χ1n) is 7.36. The van der Waals surface area contributed by atoms with Gasteiger partial charge in [-0.25, -0.2) is 8.76 Å². The number of hydrogen-bond donors (Lipinski definition) is 1. The first kappa shape index (κ1) is 14.8. The van der Waals surface area contributed by atoms with Gasteiger partial charge >= 0.3 is 0 Å². The molecule has 0 saturated carbocycles. The molecule has 2 heterocycles. The molecule has 1 aliphatic rings. The molecular formula is C18H13FN2O2S. The number of halogens is 1. The number of carbonyl (C=O) groups excluding carboxylic acids is 1. The summed E-state index contributed by atoms with van der Waals surface area (Å²) in [5, 5.41) is 4.75. The number of nitrogens with one attached hydrogen (secondary N) is 1. The Hall–Kier alpha value is -2.73. The third-order valence-electron chi connectivity index (χ3n) is 4.15. The van der Waals surface area contributed by atoms with Gasteiger partial charge in [-0.3, -0.25) is 4.79 Å². The van der Waals surface area contributed by atoms with Gasteiger partial charge in [0.1, 0.15) is 11.6 Å². The molecule has 0 spiro atoms. The Morgan fingerprint density at radius 3 is 2.71 bits per heavy atom. The molecule has 4 rings (SSSR count). The largest absolute Gasteiger partial charge is 0.497 e. The van der Waals surface area contributed by atoms with Crippen LogP contribution in [0.2, 0.25) is 0 Å². The molecule has 24 heavy (non-hydrogen) atoms. The van der Waals surface area contributed by atoms with Crippen molar-refractivity contribution in [1.82, 2.24) is 9.69 Å². The summed E-state index contributed by atoms with van der Waals surface area (Å²) in [6, 6.07) is 8.37. The Morgan fingerprint density at radius 1 is 1.17 bits per heavy atom. The van der Waals surface area contributed by atoms with Crippen molar-refractivity contribution < 1.29 is 13.9 Å². The van der Waals surface area contributed by atoms with Crippen LogP contribution in [0.4, 0.5) is 4.39 Å². The monoisotopic (exact) mass is 340 g/mol. The number of carbonyl (C=O) groups is 1. The first-order chi connectivity index (χ1) is 11.7. The van der Waals surface area contributed by atoms with Crippen molar-refractivity contribution in [2.75, 3.05) is 7.11 Å². The molecule has 0 unspecified atom stereocenters. The first-order valence-corrected chi connectivity index (χ1v) is 8.20. The zero-order valence-corrected chi connectivity index (χ0v) is 13.6. The van der Waals surface area contributed by atoms with Crippen LogP contribution in [-0.4, -0.2) is 17.4 Å². The fourth-order valence-electron chi connectivity index (χ4n) is 2.94. The molecule has 0 saturated heterocycles. The minimum atomic E-state index is -0.387. The van der Waals surface area contributed by atoms with E-state index in [0.29, 0.717) is 29.0 Å². The van der Waals surface area contributed by atoms with Crippen molar-refractivity contribution in [2.24, 2.45) is 0 Å². The maximum Gasteiger partial charge on any atom is 0.251 e. The van der Waals surface area contributed by atoms with Crippen LogP contribution in [0.1, 0.15) is 15.9 Å². The molecule has 0 bridgehead atoms. The van der Waals surface area contributed by atoms with Crippen molar-refractivity contribution in [1.29, 1.82) is 0 Å².